The van der Waals surface area contributed by atoms with Crippen LogP contribution < -0.4 is 0 Å². The standard InChI is InChI=1S/C16H13ClN2S3/c1-20-15-18-19-16(22-15)21-14(11-5-3-2-4-6-11)12-7-9-13(17)10-8-12/h2-10,14H,1H3. The Morgan fingerprint density at radius 3 is 2.18 bits per heavy atom. The van der Waals surface area contributed by atoms with Crippen LogP contribution in [0.25, 0.3) is 0 Å². The molecule has 0 fully saturated rings. The summed E-state index contributed by atoms with van der Waals surface area (Å²) in [5, 5.41) is 9.39. The average molecular weight is 365 g/mol. The van der Waals surface area contributed by atoms with Gasteiger partial charge in [-0.15, -0.1) is 10.2 Å². The number of nitrogens with zero attached hydrogens (tertiary/aromatic N) is 2. The van der Waals surface area contributed by atoms with Crippen molar-refractivity contribution in [3.63, 3.8) is 0 Å². The second-order valence-electron chi connectivity index (χ2n) is 4.50. The van der Waals surface area contributed by atoms with E-state index >= 15 is 0 Å². The molecule has 0 amide bonds. The minimum atomic E-state index is 0.182. The maximum atomic E-state index is 6.01. The zero-order chi connectivity index (χ0) is 15.4. The summed E-state index contributed by atoms with van der Waals surface area (Å²) in [5.41, 5.74) is 2.46. The fourth-order valence-electron chi connectivity index (χ4n) is 2.02. The van der Waals surface area contributed by atoms with E-state index in [1.165, 1.54) is 11.1 Å². The van der Waals surface area contributed by atoms with Crippen LogP contribution in [0.5, 0.6) is 0 Å². The monoisotopic (exact) mass is 364 g/mol. The van der Waals surface area contributed by atoms with Gasteiger partial charge in [0.2, 0.25) is 0 Å². The molecule has 0 radical (unpaired) electrons. The summed E-state index contributed by atoms with van der Waals surface area (Å²) >= 11 is 11.0. The first-order valence-corrected chi connectivity index (χ1v) is 9.90. The van der Waals surface area contributed by atoms with Gasteiger partial charge in [0.25, 0.3) is 0 Å². The van der Waals surface area contributed by atoms with Crippen LogP contribution in [0.1, 0.15) is 16.4 Å². The van der Waals surface area contributed by atoms with E-state index in [-0.39, 0.29) is 5.25 Å². The van der Waals surface area contributed by atoms with E-state index < -0.39 is 0 Å². The van der Waals surface area contributed by atoms with Crippen molar-refractivity contribution in [2.75, 3.05) is 6.26 Å². The quantitative estimate of drug-likeness (QED) is 0.534. The highest BCUT2D eigenvalue weighted by atomic mass is 35.5. The van der Waals surface area contributed by atoms with Crippen LogP contribution in [0.15, 0.2) is 63.3 Å². The van der Waals surface area contributed by atoms with Crippen molar-refractivity contribution in [1.29, 1.82) is 0 Å². The largest absolute Gasteiger partial charge is 0.176 e. The molecule has 0 N–H and O–H groups in total. The summed E-state index contributed by atoms with van der Waals surface area (Å²) in [4.78, 5) is 0. The zero-order valence-corrected chi connectivity index (χ0v) is 15.0. The first-order valence-electron chi connectivity index (χ1n) is 6.61. The van der Waals surface area contributed by atoms with Crippen molar-refractivity contribution in [1.82, 2.24) is 10.2 Å². The second kappa shape index (κ2) is 7.51. The molecule has 1 heterocycles. The van der Waals surface area contributed by atoms with E-state index in [2.05, 4.69) is 46.6 Å². The molecule has 0 aliphatic rings. The number of thioether (sulfide) groups is 2. The molecule has 1 aromatic heterocycles. The summed E-state index contributed by atoms with van der Waals surface area (Å²) in [5.74, 6) is 0. The summed E-state index contributed by atoms with van der Waals surface area (Å²) in [7, 11) is 0. The molecule has 0 saturated carbocycles. The van der Waals surface area contributed by atoms with Crippen LogP contribution in [-0.2, 0) is 0 Å². The van der Waals surface area contributed by atoms with E-state index in [4.69, 9.17) is 11.6 Å². The van der Waals surface area contributed by atoms with Crippen molar-refractivity contribution in [2.45, 2.75) is 13.9 Å². The molecule has 3 aromatic rings. The topological polar surface area (TPSA) is 25.8 Å². The maximum Gasteiger partial charge on any atom is 0.176 e. The summed E-state index contributed by atoms with van der Waals surface area (Å²) < 4.78 is 1.97. The SMILES string of the molecule is CSc1nnc(SC(c2ccccc2)c2ccc(Cl)cc2)s1. The highest BCUT2D eigenvalue weighted by Gasteiger charge is 2.18. The predicted octanol–water partition coefficient (Wildman–Crippen LogP) is 5.80. The van der Waals surface area contributed by atoms with Gasteiger partial charge in [0, 0.05) is 5.02 Å². The molecule has 0 spiro atoms. The summed E-state index contributed by atoms with van der Waals surface area (Å²) in [6, 6.07) is 18.4. The van der Waals surface area contributed by atoms with Crippen molar-refractivity contribution < 1.29 is 0 Å². The van der Waals surface area contributed by atoms with Crippen LogP contribution >= 0.6 is 46.5 Å². The van der Waals surface area contributed by atoms with Crippen LogP contribution in [0, 0.1) is 0 Å². The van der Waals surface area contributed by atoms with Gasteiger partial charge < -0.3 is 0 Å². The van der Waals surface area contributed by atoms with Crippen LogP contribution in [0.4, 0.5) is 0 Å². The molecule has 22 heavy (non-hydrogen) atoms. The van der Waals surface area contributed by atoms with Gasteiger partial charge in [-0.2, -0.15) is 0 Å². The Bertz CT molecular complexity index is 729. The highest BCUT2D eigenvalue weighted by Crippen LogP contribution is 2.42. The molecule has 1 unspecified atom stereocenters. The van der Waals surface area contributed by atoms with Crippen molar-refractivity contribution >= 4 is 46.5 Å². The molecule has 1 atom stereocenters. The van der Waals surface area contributed by atoms with Crippen molar-refractivity contribution in [3.8, 4) is 0 Å². The number of hydrogen-bond acceptors (Lipinski definition) is 5. The molecule has 0 saturated heterocycles. The third kappa shape index (κ3) is 3.84. The Kier molecular flexibility index (Phi) is 5.41. The van der Waals surface area contributed by atoms with Gasteiger partial charge in [0.05, 0.1) is 5.25 Å². The van der Waals surface area contributed by atoms with Crippen molar-refractivity contribution in [2.24, 2.45) is 0 Å². The van der Waals surface area contributed by atoms with Gasteiger partial charge in [-0.25, -0.2) is 0 Å². The Morgan fingerprint density at radius 1 is 0.909 bits per heavy atom. The summed E-state index contributed by atoms with van der Waals surface area (Å²) in [6.45, 7) is 0. The third-order valence-electron chi connectivity index (χ3n) is 3.06. The molecule has 0 aliphatic heterocycles. The Morgan fingerprint density at radius 2 is 1.55 bits per heavy atom. The van der Waals surface area contributed by atoms with Gasteiger partial charge in [-0.3, -0.25) is 0 Å². The molecule has 6 heteroatoms. The average Bonchev–Trinajstić information content (AvgIpc) is 3.02. The molecular formula is C16H13ClN2S3. The minimum Gasteiger partial charge on any atom is -0.131 e. The first kappa shape index (κ1) is 15.9. The van der Waals surface area contributed by atoms with Gasteiger partial charge in [-0.1, -0.05) is 88.9 Å². The smallest absolute Gasteiger partial charge is 0.131 e. The molecule has 3 rings (SSSR count). The Hall–Kier alpha value is -1.01. The zero-order valence-electron chi connectivity index (χ0n) is 11.8. The van der Waals surface area contributed by atoms with Crippen LogP contribution in [0.2, 0.25) is 5.02 Å². The van der Waals surface area contributed by atoms with E-state index in [1.807, 2.05) is 24.5 Å². The minimum absolute atomic E-state index is 0.182. The van der Waals surface area contributed by atoms with Crippen molar-refractivity contribution in [3.05, 3.63) is 70.7 Å². The fourth-order valence-corrected chi connectivity index (χ4v) is 4.91. The predicted molar refractivity (Wildman–Crippen MR) is 97.3 cm³/mol. The van der Waals surface area contributed by atoms with Gasteiger partial charge in [0.1, 0.15) is 0 Å². The van der Waals surface area contributed by atoms with Gasteiger partial charge >= 0.3 is 0 Å². The first-order chi connectivity index (χ1) is 10.8. The third-order valence-corrected chi connectivity index (χ3v) is 6.60. The number of halogens is 1. The van der Waals surface area contributed by atoms with E-state index in [0.717, 1.165) is 13.7 Å². The van der Waals surface area contributed by atoms with Gasteiger partial charge in [0.15, 0.2) is 8.68 Å². The lowest BCUT2D eigenvalue weighted by Gasteiger charge is -2.16. The normalized spacial score (nSPS) is 12.3. The maximum absolute atomic E-state index is 6.01. The molecule has 112 valence electrons. The van der Waals surface area contributed by atoms with Crippen LogP contribution in [0.3, 0.4) is 0 Å². The number of benzene rings is 2. The Balaban J connectivity index is 1.94. The molecule has 2 nitrogen and oxygen atoms in total. The number of aromatic nitrogens is 2. The van der Waals surface area contributed by atoms with E-state index in [0.29, 0.717) is 0 Å². The summed E-state index contributed by atoms with van der Waals surface area (Å²) in [6.07, 6.45) is 2.02. The lowest BCUT2D eigenvalue weighted by atomic mass is 10.0. The fraction of sp³-hybridized carbons (Fsp3) is 0.125. The van der Waals surface area contributed by atoms with E-state index in [9.17, 15) is 0 Å². The van der Waals surface area contributed by atoms with Gasteiger partial charge in [-0.05, 0) is 29.5 Å². The lowest BCUT2D eigenvalue weighted by molar-refractivity contribution is 0.952. The number of hydrogen-bond donors (Lipinski definition) is 0. The van der Waals surface area contributed by atoms with Crippen LogP contribution in [-0.4, -0.2) is 16.5 Å². The molecular weight excluding hydrogens is 352 g/mol. The molecule has 0 aliphatic carbocycles. The molecule has 2 aromatic carbocycles. The Labute approximate surface area is 147 Å². The number of rotatable bonds is 5. The lowest BCUT2D eigenvalue weighted by Crippen LogP contribution is -1.96. The molecule has 0 bridgehead atoms. The second-order valence-corrected chi connectivity index (χ2v) is 8.32. The van der Waals surface area contributed by atoms with E-state index in [1.54, 1.807) is 34.9 Å². The highest BCUT2D eigenvalue weighted by molar-refractivity contribution is 8.03.